The molecule has 3 nitrogen and oxygen atoms in total. The highest BCUT2D eigenvalue weighted by atomic mass is 19.1. The Bertz CT molecular complexity index is 1130. The summed E-state index contributed by atoms with van der Waals surface area (Å²) in [6.07, 6.45) is 0. The van der Waals surface area contributed by atoms with Crippen LogP contribution in [-0.4, -0.2) is 0 Å². The molecule has 0 bridgehead atoms. The van der Waals surface area contributed by atoms with E-state index in [1.54, 1.807) is 6.07 Å². The molecule has 130 valence electrons. The van der Waals surface area contributed by atoms with E-state index in [1.807, 2.05) is 31.2 Å². The fraction of sp³-hybridized carbons (Fsp3) is 0.0455. The summed E-state index contributed by atoms with van der Waals surface area (Å²) < 4.78 is 19.9. The maximum atomic E-state index is 14.1. The van der Waals surface area contributed by atoms with E-state index in [9.17, 15) is 9.18 Å². The lowest BCUT2D eigenvalue weighted by Gasteiger charge is -2.17. The summed E-state index contributed by atoms with van der Waals surface area (Å²) >= 11 is 0. The zero-order valence-electron chi connectivity index (χ0n) is 14.4. The Labute approximate surface area is 150 Å². The minimum absolute atomic E-state index is 0.0135. The Morgan fingerprint density at radius 2 is 1.73 bits per heavy atom. The highest BCUT2D eigenvalue weighted by Crippen LogP contribution is 2.41. The molecule has 1 heterocycles. The molecule has 2 N–H and O–H groups in total. The number of hydrogen-bond donors (Lipinski definition) is 1. The Hall–Kier alpha value is -3.40. The third-order valence-electron chi connectivity index (χ3n) is 4.22. The fourth-order valence-corrected chi connectivity index (χ4v) is 3.05. The molecular formula is C22H18FNO2. The van der Waals surface area contributed by atoms with E-state index in [2.05, 4.69) is 13.2 Å². The molecule has 0 radical (unpaired) electrons. The molecule has 2 aromatic carbocycles. The molecule has 0 fully saturated rings. The third kappa shape index (κ3) is 2.86. The summed E-state index contributed by atoms with van der Waals surface area (Å²) in [5.74, 6) is -0.0356. The molecule has 0 atom stereocenters. The number of nitrogens with two attached hydrogens (primary N) is 1. The van der Waals surface area contributed by atoms with E-state index >= 15 is 0 Å². The first-order valence-electron chi connectivity index (χ1n) is 8.06. The first-order chi connectivity index (χ1) is 12.5. The summed E-state index contributed by atoms with van der Waals surface area (Å²) in [5.41, 5.74) is 9.62. The zero-order chi connectivity index (χ0) is 18.8. The van der Waals surface area contributed by atoms with E-state index in [0.717, 1.165) is 22.3 Å². The van der Waals surface area contributed by atoms with Crippen LogP contribution in [-0.2, 0) is 0 Å². The molecule has 0 unspecified atom stereocenters. The van der Waals surface area contributed by atoms with Gasteiger partial charge in [-0.15, -0.1) is 13.2 Å². The quantitative estimate of drug-likeness (QED) is 0.285. The standard InChI is InChI=1S/C20H14FNO2.C2H4/c1-11-4-2-3-5-13(11)20-14-7-6-12(23)8-18(14)24-19-10-17(22)16(21)9-15(19)20;1-2/h2-10H,22H2,1H3;1-2H2. The molecule has 0 spiro atoms. The van der Waals surface area contributed by atoms with Crippen molar-refractivity contribution in [2.24, 2.45) is 0 Å². The number of fused-ring (bicyclic) bond motifs is 2. The minimum Gasteiger partial charge on any atom is -0.456 e. The summed E-state index contributed by atoms with van der Waals surface area (Å²) in [5, 5.41) is 0.627. The summed E-state index contributed by atoms with van der Waals surface area (Å²) in [4.78, 5) is 11.7. The second kappa shape index (κ2) is 6.84. The average molecular weight is 347 g/mol. The molecule has 1 aliphatic carbocycles. The Morgan fingerprint density at radius 3 is 2.46 bits per heavy atom. The number of halogens is 1. The van der Waals surface area contributed by atoms with Crippen LogP contribution in [0.1, 0.15) is 5.56 Å². The minimum atomic E-state index is -0.493. The monoisotopic (exact) mass is 347 g/mol. The van der Waals surface area contributed by atoms with E-state index < -0.39 is 5.82 Å². The molecular weight excluding hydrogens is 329 g/mol. The predicted octanol–water partition coefficient (Wildman–Crippen LogP) is 5.40. The zero-order valence-corrected chi connectivity index (χ0v) is 14.4. The van der Waals surface area contributed by atoms with Gasteiger partial charge in [0.15, 0.2) is 5.43 Å². The number of nitrogen functional groups attached to an aromatic ring is 1. The van der Waals surface area contributed by atoms with Crippen LogP contribution in [0.5, 0.6) is 0 Å². The van der Waals surface area contributed by atoms with Gasteiger partial charge in [0, 0.05) is 28.6 Å². The SMILES string of the molecule is C=C.Cc1ccccc1-c1c2ccc(=O)cc-2oc2cc(N)c(F)cc12. The lowest BCUT2D eigenvalue weighted by molar-refractivity contribution is 0.611. The van der Waals surface area contributed by atoms with E-state index in [-0.39, 0.29) is 11.1 Å². The number of rotatable bonds is 1. The molecule has 26 heavy (non-hydrogen) atoms. The molecule has 4 rings (SSSR count). The van der Waals surface area contributed by atoms with Crippen molar-refractivity contribution >= 4 is 16.7 Å². The molecule has 0 saturated carbocycles. The Morgan fingerprint density at radius 1 is 1.00 bits per heavy atom. The van der Waals surface area contributed by atoms with Crippen molar-refractivity contribution < 1.29 is 8.81 Å². The van der Waals surface area contributed by atoms with Gasteiger partial charge in [-0.3, -0.25) is 4.79 Å². The maximum Gasteiger partial charge on any atom is 0.182 e. The van der Waals surface area contributed by atoms with Crippen LogP contribution >= 0.6 is 0 Å². The second-order valence-corrected chi connectivity index (χ2v) is 5.82. The Kier molecular flexibility index (Phi) is 4.59. The molecule has 0 amide bonds. The first-order valence-corrected chi connectivity index (χ1v) is 8.06. The second-order valence-electron chi connectivity index (χ2n) is 5.82. The van der Waals surface area contributed by atoms with Crippen molar-refractivity contribution in [1.29, 1.82) is 0 Å². The van der Waals surface area contributed by atoms with E-state index in [1.165, 1.54) is 24.3 Å². The molecule has 2 aliphatic rings. The van der Waals surface area contributed by atoms with Crippen LogP contribution in [0, 0.1) is 12.7 Å². The molecule has 0 aromatic heterocycles. The van der Waals surface area contributed by atoms with Gasteiger partial charge in [0.1, 0.15) is 17.2 Å². The van der Waals surface area contributed by atoms with Crippen LogP contribution in [0.15, 0.2) is 77.0 Å². The number of aryl methyl sites for hydroxylation is 1. The largest absolute Gasteiger partial charge is 0.456 e. The highest BCUT2D eigenvalue weighted by molar-refractivity contribution is 6.03. The van der Waals surface area contributed by atoms with Gasteiger partial charge in [-0.2, -0.15) is 0 Å². The lowest BCUT2D eigenvalue weighted by Crippen LogP contribution is -2.01. The van der Waals surface area contributed by atoms with Crippen LogP contribution in [0.4, 0.5) is 10.1 Å². The number of benzene rings is 3. The van der Waals surface area contributed by atoms with Gasteiger partial charge < -0.3 is 10.2 Å². The van der Waals surface area contributed by atoms with Gasteiger partial charge in [-0.05, 0) is 36.2 Å². The third-order valence-corrected chi connectivity index (χ3v) is 4.22. The topological polar surface area (TPSA) is 56.2 Å². The normalized spacial score (nSPS) is 10.5. The highest BCUT2D eigenvalue weighted by Gasteiger charge is 2.19. The number of hydrogen-bond acceptors (Lipinski definition) is 3. The summed E-state index contributed by atoms with van der Waals surface area (Å²) in [6, 6.07) is 15.3. The van der Waals surface area contributed by atoms with Gasteiger partial charge in [-0.25, -0.2) is 4.39 Å². The van der Waals surface area contributed by atoms with Gasteiger partial charge in [-0.1, -0.05) is 24.3 Å². The van der Waals surface area contributed by atoms with Crippen molar-refractivity contribution in [3.05, 3.63) is 89.4 Å². The van der Waals surface area contributed by atoms with E-state index in [0.29, 0.717) is 16.7 Å². The van der Waals surface area contributed by atoms with E-state index in [4.69, 9.17) is 10.2 Å². The van der Waals surface area contributed by atoms with Gasteiger partial charge >= 0.3 is 0 Å². The van der Waals surface area contributed by atoms with Crippen molar-refractivity contribution in [2.45, 2.75) is 6.92 Å². The van der Waals surface area contributed by atoms with Crippen LogP contribution in [0.3, 0.4) is 0 Å². The van der Waals surface area contributed by atoms with Crippen LogP contribution in [0.2, 0.25) is 0 Å². The van der Waals surface area contributed by atoms with Gasteiger partial charge in [0.25, 0.3) is 0 Å². The predicted molar refractivity (Wildman–Crippen MR) is 105 cm³/mol. The molecule has 2 aromatic rings. The molecule has 0 saturated heterocycles. The number of anilines is 1. The van der Waals surface area contributed by atoms with Crippen LogP contribution < -0.4 is 11.2 Å². The van der Waals surface area contributed by atoms with Crippen LogP contribution in [0.25, 0.3) is 33.4 Å². The van der Waals surface area contributed by atoms with Gasteiger partial charge in [0.2, 0.25) is 0 Å². The summed E-state index contributed by atoms with van der Waals surface area (Å²) in [6.45, 7) is 7.99. The molecule has 4 heteroatoms. The van der Waals surface area contributed by atoms with Crippen molar-refractivity contribution in [3.8, 4) is 22.5 Å². The van der Waals surface area contributed by atoms with Crippen molar-refractivity contribution in [3.63, 3.8) is 0 Å². The molecule has 1 aliphatic heterocycles. The van der Waals surface area contributed by atoms with Crippen molar-refractivity contribution in [2.75, 3.05) is 5.73 Å². The maximum absolute atomic E-state index is 14.1. The first kappa shape index (κ1) is 17.4. The fourth-order valence-electron chi connectivity index (χ4n) is 3.05. The summed E-state index contributed by atoms with van der Waals surface area (Å²) in [7, 11) is 0. The Balaban J connectivity index is 0.000000948. The van der Waals surface area contributed by atoms with Gasteiger partial charge in [0.05, 0.1) is 5.69 Å². The van der Waals surface area contributed by atoms with Crippen molar-refractivity contribution in [1.82, 2.24) is 0 Å². The average Bonchev–Trinajstić information content (AvgIpc) is 2.64. The lowest BCUT2D eigenvalue weighted by atomic mass is 9.91. The smallest absolute Gasteiger partial charge is 0.182 e.